The fraction of sp³-hybridized carbons (Fsp3) is 0. The topological polar surface area (TPSA) is 73.4 Å². The Morgan fingerprint density at radius 1 is 0.352 bits per heavy atom. The van der Waals surface area contributed by atoms with Gasteiger partial charge in [-0.1, -0.05) is 109 Å². The molecule has 0 unspecified atom stereocenters. The van der Waals surface area contributed by atoms with Crippen molar-refractivity contribution in [3.63, 3.8) is 0 Å². The van der Waals surface area contributed by atoms with Gasteiger partial charge >= 0.3 is 0 Å². The Labute approximate surface area is 311 Å². The third-order valence-corrected chi connectivity index (χ3v) is 10.5. The molecule has 4 heteroatoms. The monoisotopic (exact) mass is 684 g/mol. The van der Waals surface area contributed by atoms with Gasteiger partial charge in [-0.25, -0.2) is 9.97 Å². The van der Waals surface area contributed by atoms with Crippen molar-refractivity contribution in [2.45, 2.75) is 0 Å². The molecule has 10 rings (SSSR count). The number of hydrogen-bond acceptors (Lipinski definition) is 4. The number of nitriles is 2. The molecule has 248 valence electrons. The molecule has 0 saturated heterocycles. The van der Waals surface area contributed by atoms with Crippen LogP contribution in [0.3, 0.4) is 0 Å². The Hall–Kier alpha value is -7.66. The average Bonchev–Trinajstić information content (AvgIpc) is 3.25. The smallest absolute Gasteiger partial charge is 0.160 e. The van der Waals surface area contributed by atoms with Gasteiger partial charge in [0.15, 0.2) is 5.82 Å². The third-order valence-electron chi connectivity index (χ3n) is 10.5. The van der Waals surface area contributed by atoms with E-state index in [1.54, 1.807) is 12.1 Å². The molecule has 0 aliphatic rings. The van der Waals surface area contributed by atoms with Gasteiger partial charge in [-0.05, 0) is 120 Å². The first-order valence-corrected chi connectivity index (χ1v) is 17.9. The SMILES string of the molecule is N#Cc1ccc(-c2nc(-c3ccc(C#N)cc3)c3cc(-c4cc5ccccc5c5ccccc45)cc(-c4cc5ccccc5c5ccccc45)c3n2)cc1. The van der Waals surface area contributed by atoms with Gasteiger partial charge in [0.25, 0.3) is 0 Å². The van der Waals surface area contributed by atoms with Crippen molar-refractivity contribution in [3.05, 3.63) is 181 Å². The van der Waals surface area contributed by atoms with E-state index in [0.29, 0.717) is 17.0 Å². The van der Waals surface area contributed by atoms with Crippen molar-refractivity contribution in [1.29, 1.82) is 10.5 Å². The molecule has 54 heavy (non-hydrogen) atoms. The Bertz CT molecular complexity index is 3220. The molecule has 0 saturated carbocycles. The molecular weight excluding hydrogens is 657 g/mol. The molecule has 0 spiro atoms. The highest BCUT2D eigenvalue weighted by molar-refractivity contribution is 6.19. The second kappa shape index (κ2) is 12.5. The summed E-state index contributed by atoms with van der Waals surface area (Å²) in [5.74, 6) is 0.557. The predicted molar refractivity (Wildman–Crippen MR) is 221 cm³/mol. The molecule has 1 aromatic heterocycles. The molecule has 0 fully saturated rings. The van der Waals surface area contributed by atoms with Crippen LogP contribution in [0.15, 0.2) is 170 Å². The van der Waals surface area contributed by atoms with E-state index in [9.17, 15) is 10.5 Å². The van der Waals surface area contributed by atoms with E-state index in [-0.39, 0.29) is 0 Å². The second-order valence-corrected chi connectivity index (χ2v) is 13.6. The van der Waals surface area contributed by atoms with Crippen LogP contribution in [0, 0.1) is 22.7 Å². The van der Waals surface area contributed by atoms with Crippen LogP contribution in [-0.4, -0.2) is 9.97 Å². The lowest BCUT2D eigenvalue weighted by Gasteiger charge is -2.18. The minimum Gasteiger partial charge on any atom is -0.227 e. The summed E-state index contributed by atoms with van der Waals surface area (Å²) in [5.41, 5.74) is 8.68. The highest BCUT2D eigenvalue weighted by atomic mass is 14.9. The highest BCUT2D eigenvalue weighted by Gasteiger charge is 2.21. The first-order valence-electron chi connectivity index (χ1n) is 17.9. The fourth-order valence-electron chi connectivity index (χ4n) is 7.91. The van der Waals surface area contributed by atoms with E-state index in [4.69, 9.17) is 9.97 Å². The summed E-state index contributed by atoms with van der Waals surface area (Å²) < 4.78 is 0. The molecule has 0 N–H and O–H groups in total. The summed E-state index contributed by atoms with van der Waals surface area (Å²) in [6, 6.07) is 62.9. The van der Waals surface area contributed by atoms with Gasteiger partial charge in [-0.2, -0.15) is 10.5 Å². The zero-order valence-corrected chi connectivity index (χ0v) is 29.0. The molecule has 0 bridgehead atoms. The number of fused-ring (bicyclic) bond motifs is 7. The Morgan fingerprint density at radius 3 is 1.41 bits per heavy atom. The van der Waals surface area contributed by atoms with E-state index in [0.717, 1.165) is 60.8 Å². The van der Waals surface area contributed by atoms with Gasteiger partial charge < -0.3 is 0 Å². The zero-order valence-electron chi connectivity index (χ0n) is 29.0. The standard InChI is InChI=1S/C50H28N4/c51-29-31-17-21-33(22-18-31)48-47-28-37(44-25-35-9-1-3-11-38(35)40-13-5-7-15-42(40)44)27-46(49(47)54-50(53-48)34-23-19-32(30-52)20-24-34)45-26-36-10-2-4-12-39(36)41-14-6-8-16-43(41)45/h1-28H. The van der Waals surface area contributed by atoms with Crippen molar-refractivity contribution in [2.24, 2.45) is 0 Å². The predicted octanol–water partition coefficient (Wildman–Crippen LogP) is 12.7. The quantitative estimate of drug-likeness (QED) is 0.173. The molecule has 4 nitrogen and oxygen atoms in total. The molecular formula is C50H28N4. The Balaban J connectivity index is 1.38. The van der Waals surface area contributed by atoms with Crippen LogP contribution in [0.2, 0.25) is 0 Å². The number of rotatable bonds is 4. The lowest BCUT2D eigenvalue weighted by atomic mass is 9.87. The van der Waals surface area contributed by atoms with Crippen LogP contribution in [-0.2, 0) is 0 Å². The lowest BCUT2D eigenvalue weighted by Crippen LogP contribution is -1.99. The summed E-state index contributed by atoms with van der Waals surface area (Å²) in [6.07, 6.45) is 0. The molecule has 1 heterocycles. The van der Waals surface area contributed by atoms with Crippen molar-refractivity contribution in [2.75, 3.05) is 0 Å². The fourth-order valence-corrected chi connectivity index (χ4v) is 7.91. The molecule has 0 aliphatic heterocycles. The van der Waals surface area contributed by atoms with Crippen molar-refractivity contribution in [1.82, 2.24) is 9.97 Å². The highest BCUT2D eigenvalue weighted by Crippen LogP contribution is 2.44. The molecule has 10 aromatic rings. The van der Waals surface area contributed by atoms with E-state index >= 15 is 0 Å². The minimum absolute atomic E-state index is 0.557. The van der Waals surface area contributed by atoms with Crippen LogP contribution in [0.5, 0.6) is 0 Å². The Morgan fingerprint density at radius 2 is 0.833 bits per heavy atom. The van der Waals surface area contributed by atoms with Gasteiger partial charge in [-0.15, -0.1) is 0 Å². The van der Waals surface area contributed by atoms with Crippen LogP contribution in [0.25, 0.3) is 98.9 Å². The first kappa shape index (κ1) is 31.1. The maximum atomic E-state index is 9.66. The minimum atomic E-state index is 0.557. The normalized spacial score (nSPS) is 11.3. The van der Waals surface area contributed by atoms with Gasteiger partial charge in [0.1, 0.15) is 0 Å². The van der Waals surface area contributed by atoms with Crippen LogP contribution in [0.1, 0.15) is 11.1 Å². The van der Waals surface area contributed by atoms with E-state index in [1.807, 2.05) is 36.4 Å². The third kappa shape index (κ3) is 5.06. The van der Waals surface area contributed by atoms with Crippen molar-refractivity contribution >= 4 is 54.0 Å². The van der Waals surface area contributed by atoms with Gasteiger partial charge in [0.2, 0.25) is 0 Å². The first-order chi connectivity index (χ1) is 26.7. The van der Waals surface area contributed by atoms with Crippen LogP contribution in [0.4, 0.5) is 0 Å². The summed E-state index contributed by atoms with van der Waals surface area (Å²) in [7, 11) is 0. The van der Waals surface area contributed by atoms with Crippen LogP contribution >= 0.6 is 0 Å². The molecule has 0 aliphatic carbocycles. The molecule has 0 atom stereocenters. The molecule has 0 amide bonds. The number of nitrogens with zero attached hydrogens (tertiary/aromatic N) is 4. The van der Waals surface area contributed by atoms with E-state index in [2.05, 4.69) is 133 Å². The largest absolute Gasteiger partial charge is 0.227 e. The summed E-state index contributed by atoms with van der Waals surface area (Å²) in [6.45, 7) is 0. The summed E-state index contributed by atoms with van der Waals surface area (Å²) in [4.78, 5) is 10.7. The van der Waals surface area contributed by atoms with Gasteiger partial charge in [0, 0.05) is 22.1 Å². The van der Waals surface area contributed by atoms with Crippen molar-refractivity contribution in [3.8, 4) is 57.0 Å². The number of aromatic nitrogens is 2. The molecule has 9 aromatic carbocycles. The zero-order chi connectivity index (χ0) is 36.2. The maximum Gasteiger partial charge on any atom is 0.160 e. The van der Waals surface area contributed by atoms with E-state index < -0.39 is 0 Å². The van der Waals surface area contributed by atoms with Crippen molar-refractivity contribution < 1.29 is 0 Å². The van der Waals surface area contributed by atoms with Gasteiger partial charge in [-0.3, -0.25) is 0 Å². The summed E-state index contributed by atoms with van der Waals surface area (Å²) in [5, 5.41) is 29.5. The molecule has 0 radical (unpaired) electrons. The second-order valence-electron chi connectivity index (χ2n) is 13.6. The maximum absolute atomic E-state index is 9.66. The lowest BCUT2D eigenvalue weighted by molar-refractivity contribution is 1.23. The summed E-state index contributed by atoms with van der Waals surface area (Å²) >= 11 is 0. The van der Waals surface area contributed by atoms with E-state index in [1.165, 1.54) is 32.3 Å². The number of hydrogen-bond donors (Lipinski definition) is 0. The number of benzene rings is 9. The average molecular weight is 685 g/mol. The van der Waals surface area contributed by atoms with Gasteiger partial charge in [0.05, 0.1) is 34.5 Å². The van der Waals surface area contributed by atoms with Crippen LogP contribution < -0.4 is 0 Å². The Kier molecular flexibility index (Phi) is 7.22.